The molecule has 0 aromatic rings. The molecule has 1 heterocycles. The second-order valence-electron chi connectivity index (χ2n) is 3.33. The number of epoxide rings is 1. The van der Waals surface area contributed by atoms with E-state index in [0.29, 0.717) is 13.2 Å². The van der Waals surface area contributed by atoms with Gasteiger partial charge in [0, 0.05) is 18.0 Å². The Morgan fingerprint density at radius 3 is 2.54 bits per heavy atom. The van der Waals surface area contributed by atoms with Gasteiger partial charge in [-0.3, -0.25) is 0 Å². The van der Waals surface area contributed by atoms with Crippen molar-refractivity contribution in [3.63, 3.8) is 0 Å². The van der Waals surface area contributed by atoms with Crippen molar-refractivity contribution in [1.82, 2.24) is 4.31 Å². The van der Waals surface area contributed by atoms with Gasteiger partial charge in [0.2, 0.25) is 10.0 Å². The van der Waals surface area contributed by atoms with E-state index in [1.165, 1.54) is 4.31 Å². The third-order valence-corrected chi connectivity index (χ3v) is 3.55. The molecule has 0 spiro atoms. The summed E-state index contributed by atoms with van der Waals surface area (Å²) in [4.78, 5) is 0. The molecule has 1 aliphatic heterocycles. The van der Waals surface area contributed by atoms with Crippen LogP contribution in [0, 0.1) is 0 Å². The van der Waals surface area contributed by atoms with Gasteiger partial charge in [-0.15, -0.1) is 0 Å². The molecule has 1 fully saturated rings. The summed E-state index contributed by atoms with van der Waals surface area (Å²) in [6.07, 6.45) is 0.0807. The molecule has 0 radical (unpaired) electrons. The van der Waals surface area contributed by atoms with E-state index in [0.717, 1.165) is 5.41 Å². The molecular formula is C8H15NO3S. The number of nitrogens with zero attached hydrogens (tertiary/aromatic N) is 1. The Morgan fingerprint density at radius 2 is 2.23 bits per heavy atom. The van der Waals surface area contributed by atoms with Gasteiger partial charge >= 0.3 is 0 Å². The Bertz CT molecular complexity index is 280. The molecular weight excluding hydrogens is 190 g/mol. The minimum absolute atomic E-state index is 0.0489. The lowest BCUT2D eigenvalue weighted by Crippen LogP contribution is -2.38. The van der Waals surface area contributed by atoms with Gasteiger partial charge in [-0.2, -0.15) is 4.31 Å². The van der Waals surface area contributed by atoms with Crippen molar-refractivity contribution >= 4 is 10.0 Å². The molecule has 1 unspecified atom stereocenters. The highest BCUT2D eigenvalue weighted by atomic mass is 32.2. The van der Waals surface area contributed by atoms with Gasteiger partial charge in [0.05, 0.1) is 12.7 Å². The molecule has 0 aromatic carbocycles. The van der Waals surface area contributed by atoms with Crippen LogP contribution in [0.5, 0.6) is 0 Å². The second-order valence-corrected chi connectivity index (χ2v) is 5.16. The SMILES string of the molecule is C=CS(=O)(=O)N(CC1CO1)C(C)C. The normalized spacial score (nSPS) is 22.3. The van der Waals surface area contributed by atoms with Crippen LogP contribution in [0.2, 0.25) is 0 Å². The van der Waals surface area contributed by atoms with E-state index in [-0.39, 0.29) is 12.1 Å². The standard InChI is InChI=1S/C8H15NO3S/c1-4-13(10,11)9(7(2)3)5-8-6-12-8/h4,7-8H,1,5-6H2,2-3H3. The third-order valence-electron chi connectivity index (χ3n) is 1.90. The summed E-state index contributed by atoms with van der Waals surface area (Å²) in [5, 5.41) is 0.982. The third kappa shape index (κ3) is 2.79. The van der Waals surface area contributed by atoms with Crippen molar-refractivity contribution in [2.75, 3.05) is 13.2 Å². The number of ether oxygens (including phenoxy) is 1. The van der Waals surface area contributed by atoms with Crippen LogP contribution in [0.15, 0.2) is 12.0 Å². The first-order valence-electron chi connectivity index (χ1n) is 4.23. The second kappa shape index (κ2) is 3.77. The van der Waals surface area contributed by atoms with Gasteiger partial charge in [0.1, 0.15) is 0 Å². The van der Waals surface area contributed by atoms with Gasteiger partial charge in [-0.1, -0.05) is 6.58 Å². The molecule has 0 aliphatic carbocycles. The molecule has 76 valence electrons. The van der Waals surface area contributed by atoms with Crippen LogP contribution in [0.3, 0.4) is 0 Å². The van der Waals surface area contributed by atoms with Gasteiger partial charge in [-0.05, 0) is 13.8 Å². The maximum Gasteiger partial charge on any atom is 0.235 e. The zero-order valence-electron chi connectivity index (χ0n) is 7.93. The van der Waals surface area contributed by atoms with Crippen LogP contribution in [0.4, 0.5) is 0 Å². The summed E-state index contributed by atoms with van der Waals surface area (Å²) in [6, 6.07) is -0.0489. The zero-order valence-corrected chi connectivity index (χ0v) is 8.75. The van der Waals surface area contributed by atoms with E-state index >= 15 is 0 Å². The van der Waals surface area contributed by atoms with E-state index in [4.69, 9.17) is 4.74 Å². The summed E-state index contributed by atoms with van der Waals surface area (Å²) in [6.45, 7) is 8.07. The monoisotopic (exact) mass is 205 g/mol. The highest BCUT2D eigenvalue weighted by Gasteiger charge is 2.31. The Morgan fingerprint density at radius 1 is 1.69 bits per heavy atom. The first-order valence-corrected chi connectivity index (χ1v) is 5.73. The van der Waals surface area contributed by atoms with Gasteiger partial charge < -0.3 is 4.74 Å². The molecule has 0 amide bonds. The van der Waals surface area contributed by atoms with Crippen LogP contribution >= 0.6 is 0 Å². The maximum absolute atomic E-state index is 11.5. The van der Waals surface area contributed by atoms with E-state index < -0.39 is 10.0 Å². The first-order chi connectivity index (χ1) is 5.97. The van der Waals surface area contributed by atoms with Gasteiger partial charge in [0.15, 0.2) is 0 Å². The lowest BCUT2D eigenvalue weighted by atomic mass is 10.3. The van der Waals surface area contributed by atoms with Crippen molar-refractivity contribution in [2.45, 2.75) is 26.0 Å². The fourth-order valence-electron chi connectivity index (χ4n) is 1.08. The van der Waals surface area contributed by atoms with Crippen LogP contribution in [-0.2, 0) is 14.8 Å². The first kappa shape index (κ1) is 10.7. The van der Waals surface area contributed by atoms with Crippen LogP contribution < -0.4 is 0 Å². The van der Waals surface area contributed by atoms with Crippen molar-refractivity contribution in [1.29, 1.82) is 0 Å². The lowest BCUT2D eigenvalue weighted by molar-refractivity contribution is 0.306. The van der Waals surface area contributed by atoms with Crippen LogP contribution in [-0.4, -0.2) is 38.0 Å². The molecule has 1 rings (SSSR count). The molecule has 4 nitrogen and oxygen atoms in total. The average Bonchev–Trinajstić information content (AvgIpc) is 2.82. The molecule has 0 aromatic heterocycles. The Hall–Kier alpha value is -0.390. The summed E-state index contributed by atoms with van der Waals surface area (Å²) in [5.41, 5.74) is 0. The number of rotatable bonds is 5. The lowest BCUT2D eigenvalue weighted by Gasteiger charge is -2.22. The quantitative estimate of drug-likeness (QED) is 0.616. The average molecular weight is 205 g/mol. The molecule has 1 saturated heterocycles. The maximum atomic E-state index is 11.5. The molecule has 5 heteroatoms. The van der Waals surface area contributed by atoms with E-state index in [1.807, 2.05) is 13.8 Å². The number of hydrogen-bond acceptors (Lipinski definition) is 3. The summed E-state index contributed by atoms with van der Waals surface area (Å²) in [5.74, 6) is 0. The van der Waals surface area contributed by atoms with Crippen LogP contribution in [0.25, 0.3) is 0 Å². The summed E-state index contributed by atoms with van der Waals surface area (Å²) < 4.78 is 29.3. The van der Waals surface area contributed by atoms with E-state index in [2.05, 4.69) is 6.58 Å². The highest BCUT2D eigenvalue weighted by Crippen LogP contribution is 2.16. The van der Waals surface area contributed by atoms with E-state index in [1.54, 1.807) is 0 Å². The molecule has 0 bridgehead atoms. The van der Waals surface area contributed by atoms with Crippen molar-refractivity contribution in [2.24, 2.45) is 0 Å². The minimum atomic E-state index is -3.30. The van der Waals surface area contributed by atoms with Gasteiger partial charge in [0.25, 0.3) is 0 Å². The van der Waals surface area contributed by atoms with Crippen molar-refractivity contribution < 1.29 is 13.2 Å². The zero-order chi connectivity index (χ0) is 10.1. The summed E-state index contributed by atoms with van der Waals surface area (Å²) >= 11 is 0. The molecule has 0 saturated carbocycles. The van der Waals surface area contributed by atoms with Crippen molar-refractivity contribution in [3.05, 3.63) is 12.0 Å². The van der Waals surface area contributed by atoms with Crippen LogP contribution in [0.1, 0.15) is 13.8 Å². The predicted molar refractivity (Wildman–Crippen MR) is 50.7 cm³/mol. The summed E-state index contributed by atoms with van der Waals surface area (Å²) in [7, 11) is -3.30. The molecule has 1 atom stereocenters. The molecule has 0 N–H and O–H groups in total. The smallest absolute Gasteiger partial charge is 0.235 e. The highest BCUT2D eigenvalue weighted by molar-refractivity contribution is 7.92. The number of hydrogen-bond donors (Lipinski definition) is 0. The Labute approximate surface area is 79.2 Å². The minimum Gasteiger partial charge on any atom is -0.372 e. The Kier molecular flexibility index (Phi) is 3.10. The molecule has 1 aliphatic rings. The fourth-order valence-corrected chi connectivity index (χ4v) is 2.23. The topological polar surface area (TPSA) is 49.9 Å². The van der Waals surface area contributed by atoms with Crippen molar-refractivity contribution in [3.8, 4) is 0 Å². The predicted octanol–water partition coefficient (Wildman–Crippen LogP) is 0.569. The van der Waals surface area contributed by atoms with E-state index in [9.17, 15) is 8.42 Å². The largest absolute Gasteiger partial charge is 0.372 e. The Balaban J connectivity index is 2.71. The van der Waals surface area contributed by atoms with Gasteiger partial charge in [-0.25, -0.2) is 8.42 Å². The fraction of sp³-hybridized carbons (Fsp3) is 0.750. The number of sulfonamides is 1. The molecule has 13 heavy (non-hydrogen) atoms.